The number of allylic oxidation sites excluding steroid dienone is 1. The number of likely N-dealkylation sites (tertiary alicyclic amines) is 1. The first-order valence-electron chi connectivity index (χ1n) is 13.0. The Hall–Kier alpha value is -1.86. The van der Waals surface area contributed by atoms with Crippen LogP contribution in [-0.4, -0.2) is 36.6 Å². The highest BCUT2D eigenvalue weighted by atomic mass is 35.5. The highest BCUT2D eigenvalue weighted by Gasteiger charge is 2.52. The Kier molecular flexibility index (Phi) is 8.44. The highest BCUT2D eigenvalue weighted by molar-refractivity contribution is 7.90. The van der Waals surface area contributed by atoms with E-state index in [1.54, 1.807) is 6.08 Å². The van der Waals surface area contributed by atoms with Crippen LogP contribution in [-0.2, 0) is 14.8 Å². The van der Waals surface area contributed by atoms with Crippen molar-refractivity contribution in [2.75, 3.05) is 0 Å². The number of carbonyl (C=O) groups excluding carboxylic acids is 1. The third-order valence-corrected chi connectivity index (χ3v) is 10.4. The van der Waals surface area contributed by atoms with Gasteiger partial charge in [-0.15, -0.1) is 6.58 Å². The maximum Gasteiger partial charge on any atom is 0.229 e. The monoisotopic (exact) mass is 562 g/mol. The van der Waals surface area contributed by atoms with E-state index in [4.69, 9.17) is 23.2 Å². The van der Waals surface area contributed by atoms with Crippen molar-refractivity contribution in [2.45, 2.75) is 82.2 Å². The number of hydrogen-bond acceptors (Lipinski definition) is 3. The molecule has 2 unspecified atom stereocenters. The first kappa shape index (κ1) is 28.2. The van der Waals surface area contributed by atoms with Gasteiger partial charge in [-0.3, -0.25) is 4.79 Å². The summed E-state index contributed by atoms with van der Waals surface area (Å²) in [5.74, 6) is -0.0567. The SMILES string of the molecule is C=CC[C@@]1(C)C[C@H](c2cccc(Cl)c2)C(c2ccc(Cl)cc2)N(C(CC)[C@H](C)NS(=O)(=O)C2CC2)C1=O. The number of carbonyl (C=O) groups is 1. The predicted octanol–water partition coefficient (Wildman–Crippen LogP) is 6.88. The molecular weight excluding hydrogens is 527 g/mol. The van der Waals surface area contributed by atoms with Crippen LogP contribution in [0.15, 0.2) is 61.2 Å². The van der Waals surface area contributed by atoms with Gasteiger partial charge in [-0.2, -0.15) is 0 Å². The lowest BCUT2D eigenvalue weighted by molar-refractivity contribution is -0.155. The van der Waals surface area contributed by atoms with Crippen LogP contribution in [0.1, 0.15) is 76.0 Å². The van der Waals surface area contributed by atoms with Crippen LogP contribution in [0.5, 0.6) is 0 Å². The van der Waals surface area contributed by atoms with E-state index < -0.39 is 21.5 Å². The molecule has 5 atom stereocenters. The van der Waals surface area contributed by atoms with E-state index in [1.165, 1.54) is 0 Å². The fraction of sp³-hybridized carbons (Fsp3) is 0.483. The van der Waals surface area contributed by atoms with Crippen molar-refractivity contribution in [1.29, 1.82) is 0 Å². The van der Waals surface area contributed by atoms with Crippen molar-refractivity contribution in [2.24, 2.45) is 5.41 Å². The maximum atomic E-state index is 14.4. The van der Waals surface area contributed by atoms with Crippen LogP contribution >= 0.6 is 23.2 Å². The van der Waals surface area contributed by atoms with Crippen molar-refractivity contribution in [3.63, 3.8) is 0 Å². The molecule has 2 fully saturated rings. The van der Waals surface area contributed by atoms with Crippen LogP contribution in [0, 0.1) is 5.41 Å². The molecule has 1 aliphatic carbocycles. The first-order chi connectivity index (χ1) is 17.5. The van der Waals surface area contributed by atoms with E-state index >= 15 is 0 Å². The standard InChI is InChI=1S/C29H36Cl2N2O3S/c1-5-16-29(4)18-25(21-8-7-9-23(31)17-21)27(20-10-12-22(30)13-11-20)33(28(29)34)26(6-2)19(3)32-37(35,36)24-14-15-24/h5,7-13,17,19,24-27,32H,1,6,14-16,18H2,2-4H3/t19-,25+,26?,27?,29-/m0/s1. The van der Waals surface area contributed by atoms with Crippen molar-refractivity contribution < 1.29 is 13.2 Å². The van der Waals surface area contributed by atoms with Crippen LogP contribution < -0.4 is 4.72 Å². The average Bonchev–Trinajstić information content (AvgIpc) is 3.69. The third-order valence-electron chi connectivity index (χ3n) is 7.85. The summed E-state index contributed by atoms with van der Waals surface area (Å²) in [4.78, 5) is 16.3. The van der Waals surface area contributed by atoms with Gasteiger partial charge in [0.1, 0.15) is 0 Å². The summed E-state index contributed by atoms with van der Waals surface area (Å²) in [6, 6.07) is 14.3. The molecule has 0 aromatic heterocycles. The fourth-order valence-electron chi connectivity index (χ4n) is 5.86. The Balaban J connectivity index is 1.86. The maximum absolute atomic E-state index is 14.4. The number of benzene rings is 2. The summed E-state index contributed by atoms with van der Waals surface area (Å²) in [6.07, 6.45) is 4.89. The second-order valence-electron chi connectivity index (χ2n) is 10.8. The second-order valence-corrected chi connectivity index (χ2v) is 13.6. The van der Waals surface area contributed by atoms with Gasteiger partial charge in [-0.05, 0) is 74.4 Å². The number of nitrogens with one attached hydrogen (secondary N) is 1. The number of nitrogens with zero attached hydrogens (tertiary/aromatic N) is 1. The molecule has 1 heterocycles. The predicted molar refractivity (Wildman–Crippen MR) is 151 cm³/mol. The lowest BCUT2D eigenvalue weighted by Crippen LogP contribution is -2.60. The molecule has 1 saturated carbocycles. The van der Waals surface area contributed by atoms with Gasteiger partial charge in [-0.1, -0.05) is 67.4 Å². The average molecular weight is 564 g/mol. The summed E-state index contributed by atoms with van der Waals surface area (Å²) < 4.78 is 28.7. The van der Waals surface area contributed by atoms with Crippen LogP contribution in [0.4, 0.5) is 0 Å². The highest BCUT2D eigenvalue weighted by Crippen LogP contribution is 2.52. The normalized spacial score (nSPS) is 26.1. The van der Waals surface area contributed by atoms with Gasteiger partial charge < -0.3 is 4.90 Å². The Labute approximate surface area is 231 Å². The van der Waals surface area contributed by atoms with Crippen molar-refractivity contribution >= 4 is 39.1 Å². The second kappa shape index (κ2) is 11.1. The lowest BCUT2D eigenvalue weighted by Gasteiger charge is -2.53. The van der Waals surface area contributed by atoms with Crippen LogP contribution in [0.3, 0.4) is 0 Å². The summed E-state index contributed by atoms with van der Waals surface area (Å²) >= 11 is 12.7. The minimum absolute atomic E-state index is 0.00921. The molecule has 0 spiro atoms. The summed E-state index contributed by atoms with van der Waals surface area (Å²) in [5, 5.41) is 0.923. The van der Waals surface area contributed by atoms with E-state index in [1.807, 2.05) is 68.1 Å². The number of piperidine rings is 1. The number of amides is 1. The zero-order chi connectivity index (χ0) is 27.0. The smallest absolute Gasteiger partial charge is 0.229 e. The molecule has 200 valence electrons. The molecule has 2 aliphatic rings. The van der Waals surface area contributed by atoms with E-state index in [9.17, 15) is 13.2 Å². The van der Waals surface area contributed by atoms with Gasteiger partial charge in [0.25, 0.3) is 0 Å². The van der Waals surface area contributed by atoms with E-state index in [-0.39, 0.29) is 29.2 Å². The molecule has 2 aromatic carbocycles. The molecule has 0 bridgehead atoms. The lowest BCUT2D eigenvalue weighted by atomic mass is 9.67. The van der Waals surface area contributed by atoms with E-state index in [0.29, 0.717) is 42.1 Å². The molecule has 5 nitrogen and oxygen atoms in total. The Bertz CT molecular complexity index is 1250. The fourth-order valence-corrected chi connectivity index (χ4v) is 7.81. The van der Waals surface area contributed by atoms with Crippen LogP contribution in [0.2, 0.25) is 10.0 Å². The largest absolute Gasteiger partial charge is 0.330 e. The molecule has 0 radical (unpaired) electrons. The number of halogens is 2. The molecule has 1 amide bonds. The van der Waals surface area contributed by atoms with Gasteiger partial charge in [0.15, 0.2) is 0 Å². The number of sulfonamides is 1. The summed E-state index contributed by atoms with van der Waals surface area (Å²) in [6.45, 7) is 9.80. The van der Waals surface area contributed by atoms with Gasteiger partial charge in [-0.25, -0.2) is 13.1 Å². The minimum Gasteiger partial charge on any atom is -0.330 e. The molecule has 1 N–H and O–H groups in total. The molecule has 1 saturated heterocycles. The summed E-state index contributed by atoms with van der Waals surface area (Å²) in [7, 11) is -3.43. The van der Waals surface area contributed by atoms with Crippen LogP contribution in [0.25, 0.3) is 0 Å². The van der Waals surface area contributed by atoms with Gasteiger partial charge in [0, 0.05) is 28.0 Å². The zero-order valence-corrected chi connectivity index (χ0v) is 24.0. The number of rotatable bonds is 10. The first-order valence-corrected chi connectivity index (χ1v) is 15.3. The van der Waals surface area contributed by atoms with Gasteiger partial charge in [0.05, 0.1) is 16.7 Å². The van der Waals surface area contributed by atoms with Crippen molar-refractivity contribution in [1.82, 2.24) is 9.62 Å². The molecule has 2 aromatic rings. The Morgan fingerprint density at radius 2 is 1.81 bits per heavy atom. The van der Waals surface area contributed by atoms with Crippen molar-refractivity contribution in [3.05, 3.63) is 82.4 Å². The quantitative estimate of drug-likeness (QED) is 0.321. The van der Waals surface area contributed by atoms with Gasteiger partial charge in [0.2, 0.25) is 15.9 Å². The Morgan fingerprint density at radius 1 is 1.14 bits per heavy atom. The Morgan fingerprint density at radius 3 is 2.38 bits per heavy atom. The van der Waals surface area contributed by atoms with Gasteiger partial charge >= 0.3 is 0 Å². The minimum atomic E-state index is -3.43. The third kappa shape index (κ3) is 5.93. The zero-order valence-electron chi connectivity index (χ0n) is 21.7. The molecule has 37 heavy (non-hydrogen) atoms. The number of hydrogen-bond donors (Lipinski definition) is 1. The molecule has 8 heteroatoms. The van der Waals surface area contributed by atoms with Crippen molar-refractivity contribution in [3.8, 4) is 0 Å². The molecule has 1 aliphatic heterocycles. The molecule has 4 rings (SSSR count). The topological polar surface area (TPSA) is 66.5 Å². The molecular formula is C29H36Cl2N2O3S. The van der Waals surface area contributed by atoms with E-state index in [0.717, 1.165) is 11.1 Å². The summed E-state index contributed by atoms with van der Waals surface area (Å²) in [5.41, 5.74) is 1.31. The van der Waals surface area contributed by atoms with E-state index in [2.05, 4.69) is 17.4 Å².